The van der Waals surface area contributed by atoms with E-state index >= 15 is 0 Å². The normalized spacial score (nSPS) is 31.0. The molecule has 2 aliphatic rings. The molecule has 2 rings (SSSR count). The number of aliphatic hydroxyl groups excluding tert-OH is 1. The maximum atomic E-state index is 10.6. The summed E-state index contributed by atoms with van der Waals surface area (Å²) in [5, 5.41) is 18.9. The highest BCUT2D eigenvalue weighted by molar-refractivity contribution is 5.66. The summed E-state index contributed by atoms with van der Waals surface area (Å²) in [6, 6.07) is 0.323. The fraction of sp³-hybridized carbons (Fsp3) is 0.929. The van der Waals surface area contributed by atoms with Crippen molar-refractivity contribution in [3.63, 3.8) is 0 Å². The van der Waals surface area contributed by atoms with E-state index < -0.39 is 5.97 Å². The molecule has 1 aliphatic carbocycles. The van der Waals surface area contributed by atoms with E-state index in [1.807, 2.05) is 0 Å². The Morgan fingerprint density at radius 2 is 1.74 bits per heavy atom. The lowest BCUT2D eigenvalue weighted by molar-refractivity contribution is -0.137. The zero-order chi connectivity index (χ0) is 13.7. The first kappa shape index (κ1) is 14.8. The molecule has 2 fully saturated rings. The van der Waals surface area contributed by atoms with Gasteiger partial charge in [-0.25, -0.2) is 0 Å². The molecule has 1 aliphatic heterocycles. The van der Waals surface area contributed by atoms with Crippen molar-refractivity contribution in [1.82, 2.24) is 9.80 Å². The van der Waals surface area contributed by atoms with Crippen LogP contribution in [0.2, 0.25) is 0 Å². The third-order valence-corrected chi connectivity index (χ3v) is 4.46. The molecule has 2 atom stereocenters. The molecule has 5 heteroatoms. The molecule has 0 amide bonds. The smallest absolute Gasteiger partial charge is 0.304 e. The highest BCUT2D eigenvalue weighted by atomic mass is 16.4. The van der Waals surface area contributed by atoms with E-state index in [1.165, 1.54) is 12.8 Å². The predicted octanol–water partition coefficient (Wildman–Crippen LogP) is 0.772. The number of carboxylic acid groups (broad SMARTS) is 1. The van der Waals surface area contributed by atoms with Crippen molar-refractivity contribution in [1.29, 1.82) is 0 Å². The Hall–Kier alpha value is -0.650. The molecule has 0 aromatic heterocycles. The van der Waals surface area contributed by atoms with Gasteiger partial charge in [-0.05, 0) is 12.8 Å². The minimum absolute atomic E-state index is 0.173. The molecule has 0 aromatic rings. The van der Waals surface area contributed by atoms with Crippen molar-refractivity contribution >= 4 is 5.97 Å². The largest absolute Gasteiger partial charge is 0.481 e. The van der Waals surface area contributed by atoms with E-state index in [4.69, 9.17) is 5.11 Å². The van der Waals surface area contributed by atoms with Crippen molar-refractivity contribution in [3.8, 4) is 0 Å². The van der Waals surface area contributed by atoms with E-state index in [2.05, 4.69) is 9.80 Å². The molecule has 0 spiro atoms. The molecule has 110 valence electrons. The lowest BCUT2D eigenvalue weighted by Gasteiger charge is -2.40. The van der Waals surface area contributed by atoms with Gasteiger partial charge >= 0.3 is 5.97 Å². The Kier molecular flexibility index (Phi) is 5.60. The van der Waals surface area contributed by atoms with Crippen molar-refractivity contribution in [2.45, 2.75) is 50.7 Å². The molecule has 2 unspecified atom stereocenters. The van der Waals surface area contributed by atoms with Gasteiger partial charge in [0.05, 0.1) is 12.5 Å². The van der Waals surface area contributed by atoms with E-state index in [-0.39, 0.29) is 12.5 Å². The van der Waals surface area contributed by atoms with Crippen LogP contribution in [-0.4, -0.2) is 70.9 Å². The van der Waals surface area contributed by atoms with Gasteiger partial charge in [0.25, 0.3) is 0 Å². The monoisotopic (exact) mass is 270 g/mol. The summed E-state index contributed by atoms with van der Waals surface area (Å²) >= 11 is 0. The molecule has 0 bridgehead atoms. The Balaban J connectivity index is 1.76. The van der Waals surface area contributed by atoms with E-state index in [0.29, 0.717) is 12.6 Å². The average molecular weight is 270 g/mol. The van der Waals surface area contributed by atoms with Crippen LogP contribution >= 0.6 is 0 Å². The summed E-state index contributed by atoms with van der Waals surface area (Å²) in [5.74, 6) is -0.721. The molecular weight excluding hydrogens is 244 g/mol. The second-order valence-electron chi connectivity index (χ2n) is 5.79. The van der Waals surface area contributed by atoms with Crippen LogP contribution in [0.3, 0.4) is 0 Å². The minimum atomic E-state index is -0.721. The van der Waals surface area contributed by atoms with Crippen molar-refractivity contribution in [2.75, 3.05) is 32.7 Å². The van der Waals surface area contributed by atoms with Crippen LogP contribution in [0.25, 0.3) is 0 Å². The predicted molar refractivity (Wildman–Crippen MR) is 73.1 cm³/mol. The van der Waals surface area contributed by atoms with Gasteiger partial charge in [0.2, 0.25) is 0 Å². The van der Waals surface area contributed by atoms with Crippen molar-refractivity contribution < 1.29 is 15.0 Å². The molecule has 19 heavy (non-hydrogen) atoms. The first-order chi connectivity index (χ1) is 9.16. The SMILES string of the molecule is O=C(O)CCN1CCN(C2CCCCCC2O)CC1. The third-order valence-electron chi connectivity index (χ3n) is 4.46. The number of aliphatic carboxylic acids is 1. The molecular formula is C14H26N2O3. The molecule has 0 aromatic carbocycles. The highest BCUT2D eigenvalue weighted by Gasteiger charge is 2.29. The van der Waals surface area contributed by atoms with Gasteiger partial charge in [-0.15, -0.1) is 0 Å². The van der Waals surface area contributed by atoms with Crippen LogP contribution < -0.4 is 0 Å². The van der Waals surface area contributed by atoms with Crippen LogP contribution in [0.4, 0.5) is 0 Å². The minimum Gasteiger partial charge on any atom is -0.481 e. The first-order valence-electron chi connectivity index (χ1n) is 7.53. The van der Waals surface area contributed by atoms with Crippen molar-refractivity contribution in [2.24, 2.45) is 0 Å². The van der Waals surface area contributed by atoms with E-state index in [1.54, 1.807) is 0 Å². The Morgan fingerprint density at radius 3 is 2.42 bits per heavy atom. The molecule has 1 saturated carbocycles. The van der Waals surface area contributed by atoms with Crippen LogP contribution in [-0.2, 0) is 4.79 Å². The number of nitrogens with zero attached hydrogens (tertiary/aromatic N) is 2. The lowest BCUT2D eigenvalue weighted by Crippen LogP contribution is -2.53. The Bertz CT molecular complexity index is 290. The zero-order valence-corrected chi connectivity index (χ0v) is 11.6. The highest BCUT2D eigenvalue weighted by Crippen LogP contribution is 2.23. The quantitative estimate of drug-likeness (QED) is 0.739. The number of hydrogen-bond donors (Lipinski definition) is 2. The second-order valence-corrected chi connectivity index (χ2v) is 5.79. The van der Waals surface area contributed by atoms with Gasteiger partial charge < -0.3 is 15.1 Å². The lowest BCUT2D eigenvalue weighted by atomic mass is 10.0. The van der Waals surface area contributed by atoms with Gasteiger partial charge in [0.1, 0.15) is 0 Å². The van der Waals surface area contributed by atoms with Crippen molar-refractivity contribution in [3.05, 3.63) is 0 Å². The fourth-order valence-electron chi connectivity index (χ4n) is 3.27. The zero-order valence-electron chi connectivity index (χ0n) is 11.6. The first-order valence-corrected chi connectivity index (χ1v) is 7.53. The van der Waals surface area contributed by atoms with E-state index in [0.717, 1.165) is 45.4 Å². The summed E-state index contributed by atoms with van der Waals surface area (Å²) in [6.07, 6.45) is 5.71. The fourth-order valence-corrected chi connectivity index (χ4v) is 3.27. The number of carboxylic acids is 1. The summed E-state index contributed by atoms with van der Waals surface area (Å²) < 4.78 is 0. The molecule has 2 N–H and O–H groups in total. The summed E-state index contributed by atoms with van der Waals surface area (Å²) in [5.41, 5.74) is 0. The number of hydrogen-bond acceptors (Lipinski definition) is 4. The van der Waals surface area contributed by atoms with Crippen LogP contribution in [0, 0.1) is 0 Å². The number of piperazine rings is 1. The van der Waals surface area contributed by atoms with Gasteiger partial charge in [-0.3, -0.25) is 9.69 Å². The van der Waals surface area contributed by atoms with Gasteiger partial charge in [-0.1, -0.05) is 19.3 Å². The van der Waals surface area contributed by atoms with Crippen LogP contribution in [0.5, 0.6) is 0 Å². The topological polar surface area (TPSA) is 64.0 Å². The second kappa shape index (κ2) is 7.22. The third kappa shape index (κ3) is 4.44. The van der Waals surface area contributed by atoms with E-state index in [9.17, 15) is 9.90 Å². The van der Waals surface area contributed by atoms with Crippen LogP contribution in [0.15, 0.2) is 0 Å². The maximum absolute atomic E-state index is 10.6. The van der Waals surface area contributed by atoms with Gasteiger partial charge in [0, 0.05) is 38.8 Å². The Morgan fingerprint density at radius 1 is 1.05 bits per heavy atom. The molecule has 0 radical (unpaired) electrons. The molecule has 1 saturated heterocycles. The standard InChI is InChI=1S/C14H26N2O3/c17-13-5-3-1-2-4-12(13)16-10-8-15(9-11-16)7-6-14(18)19/h12-13,17H,1-11H2,(H,18,19). The van der Waals surface area contributed by atoms with Gasteiger partial charge in [-0.2, -0.15) is 0 Å². The molecule has 1 heterocycles. The number of aliphatic hydroxyl groups is 1. The molecule has 5 nitrogen and oxygen atoms in total. The summed E-state index contributed by atoms with van der Waals surface area (Å²) in [6.45, 7) is 4.42. The summed E-state index contributed by atoms with van der Waals surface area (Å²) in [4.78, 5) is 15.2. The van der Waals surface area contributed by atoms with Crippen LogP contribution in [0.1, 0.15) is 38.5 Å². The Labute approximate surface area is 115 Å². The van der Waals surface area contributed by atoms with Gasteiger partial charge in [0.15, 0.2) is 0 Å². The maximum Gasteiger partial charge on any atom is 0.304 e. The number of carbonyl (C=O) groups is 1. The number of rotatable bonds is 4. The average Bonchev–Trinajstić information content (AvgIpc) is 2.62. The summed E-state index contributed by atoms with van der Waals surface area (Å²) in [7, 11) is 0.